The first-order valence-electron chi connectivity index (χ1n) is 6.15. The molecule has 0 radical (unpaired) electrons. The van der Waals surface area contributed by atoms with Gasteiger partial charge in [-0.15, -0.1) is 0 Å². The number of hydrogen-bond donors (Lipinski definition) is 2. The summed E-state index contributed by atoms with van der Waals surface area (Å²) in [5, 5.41) is 9.42. The van der Waals surface area contributed by atoms with E-state index in [0.717, 1.165) is 12.8 Å². The molecule has 106 valence electrons. The first-order valence-corrected chi connectivity index (χ1v) is 7.96. The van der Waals surface area contributed by atoms with Crippen molar-refractivity contribution in [3.05, 3.63) is 23.2 Å². The molecule has 0 aliphatic carbocycles. The number of halogens is 1. The predicted molar refractivity (Wildman–Crippen MR) is 75.6 cm³/mol. The summed E-state index contributed by atoms with van der Waals surface area (Å²) in [5.74, 6) is 0.361. The number of nitrogens with one attached hydrogen (secondary N) is 1. The van der Waals surface area contributed by atoms with Crippen molar-refractivity contribution in [1.82, 2.24) is 4.31 Å². The molecule has 0 bridgehead atoms. The lowest BCUT2D eigenvalue weighted by molar-refractivity contribution is 0.282. The molecule has 0 amide bonds. The molecule has 0 saturated carbocycles. The van der Waals surface area contributed by atoms with Crippen LogP contribution in [0.15, 0.2) is 18.2 Å². The van der Waals surface area contributed by atoms with E-state index in [1.54, 1.807) is 0 Å². The second-order valence-electron chi connectivity index (χ2n) is 4.88. The van der Waals surface area contributed by atoms with Gasteiger partial charge in [0, 0.05) is 19.2 Å². The Kier molecular flexibility index (Phi) is 4.23. The van der Waals surface area contributed by atoms with E-state index in [4.69, 9.17) is 11.6 Å². The molecule has 1 aliphatic heterocycles. The Bertz CT molecular complexity index is 562. The third-order valence-electron chi connectivity index (χ3n) is 3.15. The number of anilines is 1. The molecular formula is C12H17ClN2O3S. The van der Waals surface area contributed by atoms with Crippen molar-refractivity contribution in [2.75, 3.05) is 17.8 Å². The Balaban J connectivity index is 2.16. The van der Waals surface area contributed by atoms with Crippen LogP contribution in [-0.4, -0.2) is 30.9 Å². The van der Waals surface area contributed by atoms with Gasteiger partial charge in [-0.2, -0.15) is 12.7 Å². The molecule has 1 unspecified atom stereocenters. The molecule has 1 saturated heterocycles. The van der Waals surface area contributed by atoms with E-state index in [-0.39, 0.29) is 16.5 Å². The van der Waals surface area contributed by atoms with Gasteiger partial charge in [-0.05, 0) is 30.9 Å². The van der Waals surface area contributed by atoms with Crippen LogP contribution in [0.1, 0.15) is 19.8 Å². The number of piperidine rings is 1. The maximum atomic E-state index is 12.2. The van der Waals surface area contributed by atoms with Crippen molar-refractivity contribution in [2.24, 2.45) is 5.92 Å². The van der Waals surface area contributed by atoms with E-state index in [9.17, 15) is 13.5 Å². The van der Waals surface area contributed by atoms with Gasteiger partial charge < -0.3 is 5.11 Å². The zero-order valence-corrected chi connectivity index (χ0v) is 12.2. The second-order valence-corrected chi connectivity index (χ2v) is 6.95. The van der Waals surface area contributed by atoms with Crippen molar-refractivity contribution in [1.29, 1.82) is 0 Å². The lowest BCUT2D eigenvalue weighted by atomic mass is 10.0. The maximum Gasteiger partial charge on any atom is 0.301 e. The van der Waals surface area contributed by atoms with Crippen molar-refractivity contribution in [2.45, 2.75) is 19.8 Å². The molecule has 19 heavy (non-hydrogen) atoms. The normalized spacial score (nSPS) is 21.3. The number of phenols is 1. The minimum atomic E-state index is -3.59. The highest BCUT2D eigenvalue weighted by Gasteiger charge is 2.27. The zero-order valence-electron chi connectivity index (χ0n) is 10.6. The Morgan fingerprint density at radius 3 is 2.84 bits per heavy atom. The van der Waals surface area contributed by atoms with Gasteiger partial charge in [0.15, 0.2) is 0 Å². The first-order chi connectivity index (χ1) is 8.88. The molecule has 5 nitrogen and oxygen atoms in total. The molecular weight excluding hydrogens is 288 g/mol. The predicted octanol–water partition coefficient (Wildman–Crippen LogP) is 2.43. The highest BCUT2D eigenvalue weighted by atomic mass is 35.5. The molecule has 2 rings (SSSR count). The summed E-state index contributed by atoms with van der Waals surface area (Å²) in [4.78, 5) is 0. The minimum Gasteiger partial charge on any atom is -0.508 e. The Hall–Kier alpha value is -0.980. The fourth-order valence-electron chi connectivity index (χ4n) is 2.15. The fraction of sp³-hybridized carbons (Fsp3) is 0.500. The quantitative estimate of drug-likeness (QED) is 0.843. The van der Waals surface area contributed by atoms with E-state index in [0.29, 0.717) is 19.0 Å². The van der Waals surface area contributed by atoms with Crippen LogP contribution in [0.4, 0.5) is 5.69 Å². The number of aromatic hydroxyl groups is 1. The molecule has 1 atom stereocenters. The number of benzene rings is 1. The molecule has 0 spiro atoms. The Labute approximate surface area is 118 Å². The van der Waals surface area contributed by atoms with E-state index in [2.05, 4.69) is 4.72 Å². The highest BCUT2D eigenvalue weighted by molar-refractivity contribution is 7.90. The lowest BCUT2D eigenvalue weighted by Crippen LogP contribution is -2.42. The van der Waals surface area contributed by atoms with E-state index in [1.165, 1.54) is 22.5 Å². The lowest BCUT2D eigenvalue weighted by Gasteiger charge is -2.30. The summed E-state index contributed by atoms with van der Waals surface area (Å²) in [6.45, 7) is 3.08. The molecule has 1 fully saturated rings. The number of nitrogens with zero attached hydrogens (tertiary/aromatic N) is 1. The average molecular weight is 305 g/mol. The SMILES string of the molecule is CC1CCCN(S(=O)(=O)Nc2ccc(O)cc2Cl)C1. The zero-order chi connectivity index (χ0) is 14.0. The minimum absolute atomic E-state index is 0.000423. The van der Waals surface area contributed by atoms with Crippen LogP contribution in [0.5, 0.6) is 5.75 Å². The summed E-state index contributed by atoms with van der Waals surface area (Å²) in [6.07, 6.45) is 1.91. The molecule has 7 heteroatoms. The van der Waals surface area contributed by atoms with Gasteiger partial charge >= 0.3 is 10.2 Å². The third-order valence-corrected chi connectivity index (χ3v) is 4.95. The monoisotopic (exact) mass is 304 g/mol. The van der Waals surface area contributed by atoms with E-state index >= 15 is 0 Å². The number of hydrogen-bond acceptors (Lipinski definition) is 3. The van der Waals surface area contributed by atoms with E-state index < -0.39 is 10.2 Å². The average Bonchev–Trinajstić information content (AvgIpc) is 2.33. The van der Waals surface area contributed by atoms with Crippen LogP contribution in [-0.2, 0) is 10.2 Å². The molecule has 1 heterocycles. The summed E-state index contributed by atoms with van der Waals surface area (Å²) in [6, 6.07) is 4.14. The number of rotatable bonds is 3. The summed E-state index contributed by atoms with van der Waals surface area (Å²) in [5.41, 5.74) is 0.276. The number of phenolic OH excluding ortho intramolecular Hbond substituents is 1. The van der Waals surface area contributed by atoms with Crippen LogP contribution >= 0.6 is 11.6 Å². The van der Waals surface area contributed by atoms with Gasteiger partial charge in [-0.25, -0.2) is 0 Å². The fourth-order valence-corrected chi connectivity index (χ4v) is 3.84. The molecule has 1 aliphatic rings. The first kappa shape index (κ1) is 14.4. The van der Waals surface area contributed by atoms with Crippen molar-refractivity contribution in [3.63, 3.8) is 0 Å². The largest absolute Gasteiger partial charge is 0.508 e. The van der Waals surface area contributed by atoms with Crippen LogP contribution in [0.3, 0.4) is 0 Å². The summed E-state index contributed by atoms with van der Waals surface area (Å²) >= 11 is 5.90. The van der Waals surface area contributed by atoms with Crippen LogP contribution < -0.4 is 4.72 Å². The topological polar surface area (TPSA) is 69.6 Å². The van der Waals surface area contributed by atoms with Gasteiger partial charge in [-0.3, -0.25) is 4.72 Å². The Morgan fingerprint density at radius 1 is 1.47 bits per heavy atom. The van der Waals surface area contributed by atoms with Gasteiger partial charge in [0.25, 0.3) is 0 Å². The van der Waals surface area contributed by atoms with Gasteiger partial charge in [-0.1, -0.05) is 18.5 Å². The van der Waals surface area contributed by atoms with Crippen LogP contribution in [0, 0.1) is 5.92 Å². The van der Waals surface area contributed by atoms with E-state index in [1.807, 2.05) is 6.92 Å². The molecule has 0 aromatic heterocycles. The van der Waals surface area contributed by atoms with Crippen molar-refractivity contribution in [3.8, 4) is 5.75 Å². The summed E-state index contributed by atoms with van der Waals surface area (Å²) in [7, 11) is -3.59. The molecule has 1 aromatic rings. The third kappa shape index (κ3) is 3.52. The summed E-state index contributed by atoms with van der Waals surface area (Å²) < 4.78 is 28.4. The van der Waals surface area contributed by atoms with Crippen LogP contribution in [0.25, 0.3) is 0 Å². The van der Waals surface area contributed by atoms with Gasteiger partial charge in [0.2, 0.25) is 0 Å². The standard InChI is InChI=1S/C12H17ClN2O3S/c1-9-3-2-6-15(8-9)19(17,18)14-12-5-4-10(16)7-11(12)13/h4-5,7,9,14,16H,2-3,6,8H2,1H3. The smallest absolute Gasteiger partial charge is 0.301 e. The van der Waals surface area contributed by atoms with Crippen LogP contribution in [0.2, 0.25) is 5.02 Å². The second kappa shape index (κ2) is 5.56. The maximum absolute atomic E-state index is 12.2. The van der Waals surface area contributed by atoms with Gasteiger partial charge in [0.05, 0.1) is 10.7 Å². The Morgan fingerprint density at radius 2 is 2.21 bits per heavy atom. The molecule has 1 aromatic carbocycles. The highest BCUT2D eigenvalue weighted by Crippen LogP contribution is 2.28. The van der Waals surface area contributed by atoms with Gasteiger partial charge in [0.1, 0.15) is 5.75 Å². The molecule has 2 N–H and O–H groups in total. The van der Waals surface area contributed by atoms with Crippen molar-refractivity contribution < 1.29 is 13.5 Å². The van der Waals surface area contributed by atoms with Crippen molar-refractivity contribution >= 4 is 27.5 Å².